The van der Waals surface area contributed by atoms with E-state index in [-0.39, 0.29) is 0 Å². The fourth-order valence-corrected chi connectivity index (χ4v) is 2.76. The second-order valence-electron chi connectivity index (χ2n) is 4.95. The van der Waals surface area contributed by atoms with Crippen molar-refractivity contribution in [1.29, 1.82) is 5.26 Å². The zero-order chi connectivity index (χ0) is 14.0. The van der Waals surface area contributed by atoms with Crippen molar-refractivity contribution < 1.29 is 9.90 Å². The van der Waals surface area contributed by atoms with Gasteiger partial charge < -0.3 is 10.0 Å². The van der Waals surface area contributed by atoms with Gasteiger partial charge in [0.05, 0.1) is 22.3 Å². The maximum absolute atomic E-state index is 11.4. The van der Waals surface area contributed by atoms with Gasteiger partial charge in [-0.05, 0) is 37.0 Å². The number of rotatable bonds is 2. The molecule has 5 heteroatoms. The van der Waals surface area contributed by atoms with Crippen LogP contribution < -0.4 is 4.90 Å². The largest absolute Gasteiger partial charge is 0.480 e. The number of halogens is 1. The van der Waals surface area contributed by atoms with Gasteiger partial charge in [-0.1, -0.05) is 18.5 Å². The third kappa shape index (κ3) is 2.82. The fraction of sp³-hybridized carbons (Fsp3) is 0.429. The molecule has 0 radical (unpaired) electrons. The van der Waals surface area contributed by atoms with Crippen LogP contribution in [-0.2, 0) is 4.79 Å². The molecule has 2 unspecified atom stereocenters. The highest BCUT2D eigenvalue weighted by molar-refractivity contribution is 6.33. The number of carbonyl (C=O) groups is 1. The molecular formula is C14H15ClN2O2. The average molecular weight is 279 g/mol. The fourth-order valence-electron chi connectivity index (χ4n) is 2.47. The Morgan fingerprint density at radius 2 is 2.32 bits per heavy atom. The van der Waals surface area contributed by atoms with Crippen LogP contribution >= 0.6 is 11.6 Å². The van der Waals surface area contributed by atoms with Crippen LogP contribution in [0.25, 0.3) is 0 Å². The smallest absolute Gasteiger partial charge is 0.326 e. The number of carboxylic acids is 1. The number of hydrogen-bond acceptors (Lipinski definition) is 3. The predicted molar refractivity (Wildman–Crippen MR) is 73.3 cm³/mol. The number of aliphatic carboxylic acids is 1. The highest BCUT2D eigenvalue weighted by Crippen LogP contribution is 2.33. The molecule has 0 spiro atoms. The van der Waals surface area contributed by atoms with Crippen LogP contribution in [0.1, 0.15) is 25.3 Å². The van der Waals surface area contributed by atoms with E-state index in [1.807, 2.05) is 11.0 Å². The zero-order valence-corrected chi connectivity index (χ0v) is 11.4. The maximum atomic E-state index is 11.4. The number of nitriles is 1. The molecule has 1 fully saturated rings. The minimum atomic E-state index is -0.827. The van der Waals surface area contributed by atoms with Crippen molar-refractivity contribution in [1.82, 2.24) is 0 Å². The van der Waals surface area contributed by atoms with Crippen LogP contribution in [0.4, 0.5) is 5.69 Å². The molecule has 1 saturated heterocycles. The van der Waals surface area contributed by atoms with Crippen LogP contribution in [0.3, 0.4) is 0 Å². The second kappa shape index (κ2) is 5.50. The number of anilines is 1. The van der Waals surface area contributed by atoms with Crippen molar-refractivity contribution in [2.24, 2.45) is 5.92 Å². The molecule has 0 amide bonds. The van der Waals surface area contributed by atoms with Crippen molar-refractivity contribution >= 4 is 23.3 Å². The summed E-state index contributed by atoms with van der Waals surface area (Å²) in [5, 5.41) is 18.6. The summed E-state index contributed by atoms with van der Waals surface area (Å²) in [6, 6.07) is 6.44. The van der Waals surface area contributed by atoms with Crippen molar-refractivity contribution in [3.8, 4) is 6.07 Å². The van der Waals surface area contributed by atoms with Crippen LogP contribution in [0, 0.1) is 17.2 Å². The molecule has 0 saturated carbocycles. The third-order valence-electron chi connectivity index (χ3n) is 3.54. The van der Waals surface area contributed by atoms with E-state index in [4.69, 9.17) is 16.9 Å². The third-order valence-corrected chi connectivity index (χ3v) is 3.84. The van der Waals surface area contributed by atoms with E-state index in [1.54, 1.807) is 18.2 Å². The molecule has 100 valence electrons. The lowest BCUT2D eigenvalue weighted by Gasteiger charge is -2.38. The molecule has 0 aliphatic carbocycles. The minimum absolute atomic E-state index is 0.398. The lowest BCUT2D eigenvalue weighted by atomic mass is 9.92. The van der Waals surface area contributed by atoms with Gasteiger partial charge in [0.25, 0.3) is 0 Å². The van der Waals surface area contributed by atoms with E-state index in [2.05, 4.69) is 6.92 Å². The van der Waals surface area contributed by atoms with Gasteiger partial charge in [0.1, 0.15) is 6.04 Å². The van der Waals surface area contributed by atoms with Gasteiger partial charge in [-0.25, -0.2) is 4.79 Å². The molecule has 1 aromatic carbocycles. The molecule has 1 N–H and O–H groups in total. The van der Waals surface area contributed by atoms with Crippen molar-refractivity contribution in [3.05, 3.63) is 28.8 Å². The number of hydrogen-bond donors (Lipinski definition) is 1. The molecule has 2 rings (SSSR count). The summed E-state index contributed by atoms with van der Waals surface area (Å²) in [7, 11) is 0. The Bertz CT molecular complexity index is 539. The summed E-state index contributed by atoms with van der Waals surface area (Å²) in [5.41, 5.74) is 1.17. The summed E-state index contributed by atoms with van der Waals surface area (Å²) < 4.78 is 0. The molecule has 4 nitrogen and oxygen atoms in total. The standard InChI is InChI=1S/C14H15ClN2O2/c1-9-4-5-17(13(6-9)14(18)19)12-3-2-10(8-16)7-11(12)15/h2-3,7,9,13H,4-6H2,1H3,(H,18,19). The normalized spacial score (nSPS) is 22.9. The summed E-state index contributed by atoms with van der Waals surface area (Å²) >= 11 is 6.16. The molecule has 2 atom stereocenters. The predicted octanol–water partition coefficient (Wildman–Crippen LogP) is 2.90. The number of nitrogens with zero attached hydrogens (tertiary/aromatic N) is 2. The monoisotopic (exact) mass is 278 g/mol. The Labute approximate surface area is 117 Å². The SMILES string of the molecule is CC1CCN(c2ccc(C#N)cc2Cl)C(C(=O)O)C1. The number of benzene rings is 1. The molecule has 0 aromatic heterocycles. The Morgan fingerprint density at radius 1 is 1.58 bits per heavy atom. The minimum Gasteiger partial charge on any atom is -0.480 e. The first-order valence-electron chi connectivity index (χ1n) is 6.22. The second-order valence-corrected chi connectivity index (χ2v) is 5.36. The number of piperidine rings is 1. The van der Waals surface area contributed by atoms with Crippen LogP contribution in [0.5, 0.6) is 0 Å². The van der Waals surface area contributed by atoms with Gasteiger partial charge in [-0.3, -0.25) is 0 Å². The van der Waals surface area contributed by atoms with Gasteiger partial charge in [0, 0.05) is 6.54 Å². The van der Waals surface area contributed by atoms with Gasteiger partial charge in [0.2, 0.25) is 0 Å². The van der Waals surface area contributed by atoms with E-state index < -0.39 is 12.0 Å². The molecule has 0 bridgehead atoms. The van der Waals surface area contributed by atoms with Gasteiger partial charge in [0.15, 0.2) is 0 Å². The molecular weight excluding hydrogens is 264 g/mol. The van der Waals surface area contributed by atoms with Gasteiger partial charge in [-0.15, -0.1) is 0 Å². The van der Waals surface area contributed by atoms with E-state index in [0.717, 1.165) is 6.42 Å². The summed E-state index contributed by atoms with van der Waals surface area (Å²) in [6.07, 6.45) is 1.56. The van der Waals surface area contributed by atoms with E-state index in [9.17, 15) is 9.90 Å². The summed E-state index contributed by atoms with van der Waals surface area (Å²) in [6.45, 7) is 2.73. The van der Waals surface area contributed by atoms with Crippen LogP contribution in [0.15, 0.2) is 18.2 Å². The van der Waals surface area contributed by atoms with Crippen molar-refractivity contribution in [2.45, 2.75) is 25.8 Å². The molecule has 1 aliphatic rings. The van der Waals surface area contributed by atoms with Crippen LogP contribution in [-0.4, -0.2) is 23.7 Å². The van der Waals surface area contributed by atoms with E-state index in [1.165, 1.54) is 0 Å². The molecule has 1 heterocycles. The van der Waals surface area contributed by atoms with Gasteiger partial charge >= 0.3 is 5.97 Å². The summed E-state index contributed by atoms with van der Waals surface area (Å²) in [5.74, 6) is -0.429. The Hall–Kier alpha value is -1.73. The number of carboxylic acid groups (broad SMARTS) is 1. The Morgan fingerprint density at radius 3 is 2.89 bits per heavy atom. The lowest BCUT2D eigenvalue weighted by Crippen LogP contribution is -2.47. The first kappa shape index (κ1) is 13.7. The average Bonchev–Trinajstić information content (AvgIpc) is 2.39. The zero-order valence-electron chi connectivity index (χ0n) is 10.6. The Kier molecular flexibility index (Phi) is 3.96. The first-order chi connectivity index (χ1) is 9.02. The lowest BCUT2D eigenvalue weighted by molar-refractivity contribution is -0.139. The molecule has 19 heavy (non-hydrogen) atoms. The topological polar surface area (TPSA) is 64.3 Å². The first-order valence-corrected chi connectivity index (χ1v) is 6.60. The van der Waals surface area contributed by atoms with Gasteiger partial charge in [-0.2, -0.15) is 5.26 Å². The highest BCUT2D eigenvalue weighted by atomic mass is 35.5. The summed E-state index contributed by atoms with van der Waals surface area (Å²) in [4.78, 5) is 13.2. The Balaban J connectivity index is 2.34. The molecule has 1 aromatic rings. The van der Waals surface area contributed by atoms with Crippen LogP contribution in [0.2, 0.25) is 5.02 Å². The highest BCUT2D eigenvalue weighted by Gasteiger charge is 2.32. The maximum Gasteiger partial charge on any atom is 0.326 e. The molecule has 1 aliphatic heterocycles. The van der Waals surface area contributed by atoms with E-state index >= 15 is 0 Å². The van der Waals surface area contributed by atoms with Crippen molar-refractivity contribution in [3.63, 3.8) is 0 Å². The van der Waals surface area contributed by atoms with Crippen molar-refractivity contribution in [2.75, 3.05) is 11.4 Å². The quantitative estimate of drug-likeness (QED) is 0.903. The van der Waals surface area contributed by atoms with E-state index in [0.29, 0.717) is 35.2 Å².